The molecular formula is C20H23N3O4S. The van der Waals surface area contributed by atoms with Crippen LogP contribution >= 0.6 is 0 Å². The first-order valence-corrected chi connectivity index (χ1v) is 10.5. The van der Waals surface area contributed by atoms with Crippen molar-refractivity contribution in [2.45, 2.75) is 11.8 Å². The summed E-state index contributed by atoms with van der Waals surface area (Å²) in [6.07, 6.45) is 0. The molecule has 1 N–H and O–H groups in total. The Bertz CT molecular complexity index is 935. The van der Waals surface area contributed by atoms with Crippen molar-refractivity contribution in [3.63, 3.8) is 0 Å². The number of nitrogens with zero attached hydrogens (tertiary/aromatic N) is 2. The normalized spacial score (nSPS) is 14.8. The van der Waals surface area contributed by atoms with Gasteiger partial charge in [-0.05, 0) is 31.2 Å². The molecule has 1 heterocycles. The van der Waals surface area contributed by atoms with Crippen LogP contribution in [0.4, 0.5) is 5.69 Å². The molecule has 28 heavy (non-hydrogen) atoms. The SMILES string of the molecule is CC(=O)c1ccc(S(=O)(=O)NCC(=O)N2CCN(c3ccccc3)CC2)cc1. The molecule has 7 nitrogen and oxygen atoms in total. The van der Waals surface area contributed by atoms with Crippen LogP contribution in [-0.4, -0.2) is 57.7 Å². The second kappa shape index (κ2) is 8.53. The van der Waals surface area contributed by atoms with E-state index in [4.69, 9.17) is 0 Å². The molecule has 148 valence electrons. The van der Waals surface area contributed by atoms with Gasteiger partial charge in [-0.25, -0.2) is 13.1 Å². The van der Waals surface area contributed by atoms with Crippen molar-refractivity contribution in [3.05, 3.63) is 60.2 Å². The molecule has 8 heteroatoms. The largest absolute Gasteiger partial charge is 0.368 e. The summed E-state index contributed by atoms with van der Waals surface area (Å²) in [7, 11) is -3.81. The minimum absolute atomic E-state index is 0.0270. The van der Waals surface area contributed by atoms with Crippen LogP contribution in [0.1, 0.15) is 17.3 Å². The number of sulfonamides is 1. The van der Waals surface area contributed by atoms with Gasteiger partial charge < -0.3 is 9.80 Å². The van der Waals surface area contributed by atoms with Crippen molar-refractivity contribution in [2.24, 2.45) is 0 Å². The van der Waals surface area contributed by atoms with Crippen molar-refractivity contribution in [1.82, 2.24) is 9.62 Å². The Labute approximate surface area is 165 Å². The number of carbonyl (C=O) groups excluding carboxylic acids is 2. The maximum Gasteiger partial charge on any atom is 0.241 e. The lowest BCUT2D eigenvalue weighted by Crippen LogP contribution is -2.51. The summed E-state index contributed by atoms with van der Waals surface area (Å²) in [5, 5.41) is 0. The fraction of sp³-hybridized carbons (Fsp3) is 0.300. The van der Waals surface area contributed by atoms with Crippen LogP contribution in [0.2, 0.25) is 0 Å². The number of para-hydroxylation sites is 1. The highest BCUT2D eigenvalue weighted by Crippen LogP contribution is 2.16. The highest BCUT2D eigenvalue weighted by molar-refractivity contribution is 7.89. The van der Waals surface area contributed by atoms with E-state index in [2.05, 4.69) is 9.62 Å². The summed E-state index contributed by atoms with van der Waals surface area (Å²) in [5.41, 5.74) is 1.55. The van der Waals surface area contributed by atoms with Gasteiger partial charge in [-0.15, -0.1) is 0 Å². The molecular weight excluding hydrogens is 378 g/mol. The third-order valence-electron chi connectivity index (χ3n) is 4.74. The first-order chi connectivity index (χ1) is 13.4. The van der Waals surface area contributed by atoms with Gasteiger partial charge in [0.15, 0.2) is 5.78 Å². The standard InChI is InChI=1S/C20H23N3O4S/c1-16(24)17-7-9-19(10-8-17)28(26,27)21-15-20(25)23-13-11-22(12-14-23)18-5-3-2-4-6-18/h2-10,21H,11-15H2,1H3. The molecule has 0 aliphatic carbocycles. The number of nitrogens with one attached hydrogen (secondary N) is 1. The van der Waals surface area contributed by atoms with Gasteiger partial charge in [0.1, 0.15) is 0 Å². The van der Waals surface area contributed by atoms with E-state index >= 15 is 0 Å². The molecule has 0 bridgehead atoms. The van der Waals surface area contributed by atoms with Gasteiger partial charge in [-0.3, -0.25) is 9.59 Å². The Balaban J connectivity index is 1.53. The molecule has 0 spiro atoms. The summed E-state index contributed by atoms with van der Waals surface area (Å²) in [5.74, 6) is -0.390. The molecule has 0 atom stereocenters. The monoisotopic (exact) mass is 401 g/mol. The molecule has 0 aromatic heterocycles. The third kappa shape index (κ3) is 4.76. The van der Waals surface area contributed by atoms with Crippen LogP contribution < -0.4 is 9.62 Å². The van der Waals surface area contributed by atoms with Crippen LogP contribution in [0.25, 0.3) is 0 Å². The highest BCUT2D eigenvalue weighted by Gasteiger charge is 2.23. The van der Waals surface area contributed by atoms with E-state index in [1.54, 1.807) is 4.90 Å². The second-order valence-electron chi connectivity index (χ2n) is 6.61. The number of ketones is 1. The number of rotatable bonds is 6. The lowest BCUT2D eigenvalue weighted by molar-refractivity contribution is -0.130. The fourth-order valence-electron chi connectivity index (χ4n) is 3.07. The molecule has 1 saturated heterocycles. The number of piperazine rings is 1. The molecule has 1 aliphatic heterocycles. The molecule has 1 fully saturated rings. The van der Waals surface area contributed by atoms with E-state index in [9.17, 15) is 18.0 Å². The number of amides is 1. The van der Waals surface area contributed by atoms with E-state index < -0.39 is 10.0 Å². The number of anilines is 1. The average molecular weight is 401 g/mol. The minimum atomic E-state index is -3.81. The van der Waals surface area contributed by atoms with Gasteiger partial charge >= 0.3 is 0 Å². The lowest BCUT2D eigenvalue weighted by Gasteiger charge is -2.36. The van der Waals surface area contributed by atoms with Crippen molar-refractivity contribution in [1.29, 1.82) is 0 Å². The minimum Gasteiger partial charge on any atom is -0.368 e. The predicted molar refractivity (Wildman–Crippen MR) is 107 cm³/mol. The van der Waals surface area contributed by atoms with E-state index in [1.165, 1.54) is 31.2 Å². The molecule has 1 aliphatic rings. The lowest BCUT2D eigenvalue weighted by atomic mass is 10.2. The quantitative estimate of drug-likeness (QED) is 0.742. The topological polar surface area (TPSA) is 86.8 Å². The third-order valence-corrected chi connectivity index (χ3v) is 6.16. The maximum atomic E-state index is 12.4. The zero-order chi connectivity index (χ0) is 20.1. The van der Waals surface area contributed by atoms with Gasteiger partial charge in [0.25, 0.3) is 0 Å². The van der Waals surface area contributed by atoms with Crippen LogP contribution in [0.15, 0.2) is 59.5 Å². The van der Waals surface area contributed by atoms with Crippen LogP contribution in [0, 0.1) is 0 Å². The van der Waals surface area contributed by atoms with Crippen LogP contribution in [0.3, 0.4) is 0 Å². The predicted octanol–water partition coefficient (Wildman–Crippen LogP) is 1.52. The Morgan fingerprint density at radius 1 is 0.929 bits per heavy atom. The summed E-state index contributed by atoms with van der Waals surface area (Å²) in [4.78, 5) is 27.6. The molecule has 0 radical (unpaired) electrons. The summed E-state index contributed by atoms with van der Waals surface area (Å²) < 4.78 is 27.1. The van der Waals surface area contributed by atoms with Crippen molar-refractivity contribution in [3.8, 4) is 0 Å². The Hall–Kier alpha value is -2.71. The van der Waals surface area contributed by atoms with Gasteiger partial charge in [-0.2, -0.15) is 0 Å². The zero-order valence-electron chi connectivity index (χ0n) is 15.7. The Morgan fingerprint density at radius 2 is 1.54 bits per heavy atom. The number of hydrogen-bond donors (Lipinski definition) is 1. The molecule has 2 aromatic rings. The number of carbonyl (C=O) groups is 2. The Kier molecular flexibility index (Phi) is 6.11. The van der Waals surface area contributed by atoms with E-state index in [0.717, 1.165) is 5.69 Å². The smallest absolute Gasteiger partial charge is 0.241 e. The molecule has 0 saturated carbocycles. The van der Waals surface area contributed by atoms with Crippen LogP contribution in [0.5, 0.6) is 0 Å². The summed E-state index contributed by atoms with van der Waals surface area (Å²) in [6.45, 7) is 3.62. The van der Waals surface area contributed by atoms with Crippen molar-refractivity contribution in [2.75, 3.05) is 37.6 Å². The van der Waals surface area contributed by atoms with Crippen LogP contribution in [-0.2, 0) is 14.8 Å². The van der Waals surface area contributed by atoms with Gasteiger partial charge in [0, 0.05) is 37.4 Å². The number of Topliss-reactive ketones (excluding diaryl/α,β-unsaturated/α-hetero) is 1. The maximum absolute atomic E-state index is 12.4. The molecule has 0 unspecified atom stereocenters. The van der Waals surface area contributed by atoms with Gasteiger partial charge in [0.05, 0.1) is 11.4 Å². The molecule has 3 rings (SSSR count). The summed E-state index contributed by atoms with van der Waals surface area (Å²) >= 11 is 0. The zero-order valence-corrected chi connectivity index (χ0v) is 16.5. The van der Waals surface area contributed by atoms with E-state index in [-0.39, 0.29) is 23.1 Å². The number of hydrogen-bond acceptors (Lipinski definition) is 5. The number of benzene rings is 2. The van der Waals surface area contributed by atoms with Gasteiger partial charge in [-0.1, -0.05) is 30.3 Å². The van der Waals surface area contributed by atoms with Crippen molar-refractivity contribution < 1.29 is 18.0 Å². The van der Waals surface area contributed by atoms with E-state index in [1.807, 2.05) is 30.3 Å². The molecule has 2 aromatic carbocycles. The highest BCUT2D eigenvalue weighted by atomic mass is 32.2. The second-order valence-corrected chi connectivity index (χ2v) is 8.38. The van der Waals surface area contributed by atoms with Gasteiger partial charge in [0.2, 0.25) is 15.9 Å². The first kappa shape index (κ1) is 20.0. The van der Waals surface area contributed by atoms with E-state index in [0.29, 0.717) is 31.7 Å². The molecule has 1 amide bonds. The Morgan fingerprint density at radius 3 is 2.11 bits per heavy atom. The summed E-state index contributed by atoms with van der Waals surface area (Å²) in [6, 6.07) is 15.6. The van der Waals surface area contributed by atoms with Crippen molar-refractivity contribution >= 4 is 27.4 Å². The first-order valence-electron chi connectivity index (χ1n) is 9.05. The fourth-order valence-corrected chi connectivity index (χ4v) is 4.05. The average Bonchev–Trinajstić information content (AvgIpc) is 2.73.